The van der Waals surface area contributed by atoms with Crippen LogP contribution in [0.3, 0.4) is 0 Å². The second-order valence-corrected chi connectivity index (χ2v) is 17.4. The number of halogens is 5. The Morgan fingerprint density at radius 3 is 2.20 bits per heavy atom. The lowest BCUT2D eigenvalue weighted by atomic mass is 9.86. The molecule has 2 saturated heterocycles. The molecule has 0 spiro atoms. The van der Waals surface area contributed by atoms with Gasteiger partial charge in [0.15, 0.2) is 0 Å². The summed E-state index contributed by atoms with van der Waals surface area (Å²) < 4.78 is 42.8. The fourth-order valence-corrected chi connectivity index (χ4v) is 9.34. The number of alkyl halides is 3. The molecule has 0 bridgehead atoms. The second-order valence-electron chi connectivity index (χ2n) is 16.6. The second kappa shape index (κ2) is 21.5. The van der Waals surface area contributed by atoms with E-state index in [-0.39, 0.29) is 5.91 Å². The van der Waals surface area contributed by atoms with Crippen molar-refractivity contribution in [3.05, 3.63) is 147 Å². The zero-order valence-electron chi connectivity index (χ0n) is 36.9. The van der Waals surface area contributed by atoms with Gasteiger partial charge in [0.1, 0.15) is 5.54 Å². The van der Waals surface area contributed by atoms with Crippen LogP contribution in [-0.2, 0) is 37.1 Å². The maximum absolute atomic E-state index is 14.1. The van der Waals surface area contributed by atoms with Crippen LogP contribution in [0.15, 0.2) is 109 Å². The molecule has 6 aromatic rings. The molecular formula is C51H58Cl2F3N7O. The predicted octanol–water partition coefficient (Wildman–Crippen LogP) is 10.8. The van der Waals surface area contributed by atoms with Gasteiger partial charge in [0.2, 0.25) is 5.91 Å². The number of hydrogen-bond donors (Lipinski definition) is 3. The minimum Gasteiger partial charge on any atom is -0.354 e. The Bertz CT molecular complexity index is 2470. The number of fused-ring (bicyclic) bond motifs is 1. The molecule has 338 valence electrons. The number of piperazine rings is 1. The quantitative estimate of drug-likeness (QED) is 0.0946. The average Bonchev–Trinajstić information content (AvgIpc) is 3.67. The van der Waals surface area contributed by atoms with Gasteiger partial charge in [0, 0.05) is 109 Å². The third kappa shape index (κ3) is 11.4. The molecule has 8 nitrogen and oxygen atoms in total. The number of aromatic nitrogens is 2. The maximum Gasteiger partial charge on any atom is 0.416 e. The van der Waals surface area contributed by atoms with Crippen LogP contribution in [0.1, 0.15) is 60.9 Å². The summed E-state index contributed by atoms with van der Waals surface area (Å²) in [6.07, 6.45) is 1.41. The van der Waals surface area contributed by atoms with Crippen molar-refractivity contribution in [3.8, 4) is 22.4 Å². The third-order valence-corrected chi connectivity index (χ3v) is 13.0. The van der Waals surface area contributed by atoms with E-state index in [1.54, 1.807) is 18.3 Å². The molecule has 1 amide bonds. The van der Waals surface area contributed by atoms with Crippen molar-refractivity contribution in [2.75, 3.05) is 45.8 Å². The molecule has 3 N–H and O–H groups in total. The van der Waals surface area contributed by atoms with Crippen LogP contribution in [0.4, 0.5) is 13.2 Å². The summed E-state index contributed by atoms with van der Waals surface area (Å²) in [6.45, 7) is 14.1. The van der Waals surface area contributed by atoms with Crippen molar-refractivity contribution in [2.45, 2.75) is 77.9 Å². The van der Waals surface area contributed by atoms with Crippen LogP contribution in [0.5, 0.6) is 0 Å². The van der Waals surface area contributed by atoms with Gasteiger partial charge in [-0.3, -0.25) is 24.9 Å². The minimum absolute atomic E-state index is 0.0130. The molecule has 4 aromatic carbocycles. The lowest BCUT2D eigenvalue weighted by Gasteiger charge is -2.37. The summed E-state index contributed by atoms with van der Waals surface area (Å²) >= 11 is 12.9. The Morgan fingerprint density at radius 1 is 0.828 bits per heavy atom. The first-order valence-corrected chi connectivity index (χ1v) is 23.1. The molecule has 2 aliphatic rings. The van der Waals surface area contributed by atoms with Crippen LogP contribution in [-0.4, -0.2) is 76.6 Å². The number of pyridine rings is 1. The number of amides is 1. The van der Waals surface area contributed by atoms with Crippen LogP contribution in [0.2, 0.25) is 10.0 Å². The van der Waals surface area contributed by atoms with Crippen molar-refractivity contribution in [1.29, 1.82) is 0 Å². The normalized spacial score (nSPS) is 15.8. The van der Waals surface area contributed by atoms with E-state index in [0.29, 0.717) is 55.5 Å². The number of rotatable bonds is 14. The van der Waals surface area contributed by atoms with Crippen molar-refractivity contribution >= 4 is 40.0 Å². The standard InChI is InChI=1S/C49H52Cl2F3N7O.C2H6/c1-34-6-2-7-37(28-34)46-38(8-4-19-56-46)30-58-48(17-21-55-22-18-48)47(62)57-20-5-23-61-33-41(36-12-14-39(15-13-36)49(52,53)54)40-29-35(11-16-45(40)61)31-59-24-26-60(27-25-59)32-42-43(50)9-3-10-44(42)51;1-2/h2-4,6-16,19,28-29,33,55,58H,5,17-18,20-27,30-32H2,1H3,(H,57,62);1-2H3. The van der Waals surface area contributed by atoms with E-state index in [4.69, 9.17) is 28.2 Å². The van der Waals surface area contributed by atoms with E-state index in [1.165, 1.54) is 0 Å². The summed E-state index contributed by atoms with van der Waals surface area (Å²) in [6, 6.07) is 29.7. The molecule has 2 aliphatic heterocycles. The largest absolute Gasteiger partial charge is 0.416 e. The Hall–Kier alpha value is -4.75. The summed E-state index contributed by atoms with van der Waals surface area (Å²) in [4.78, 5) is 23.6. The summed E-state index contributed by atoms with van der Waals surface area (Å²) in [5.41, 5.74) is 7.42. The van der Waals surface area contributed by atoms with Crippen LogP contribution < -0.4 is 16.0 Å². The lowest BCUT2D eigenvalue weighted by Crippen LogP contribution is -2.61. The zero-order valence-corrected chi connectivity index (χ0v) is 38.4. The van der Waals surface area contributed by atoms with Gasteiger partial charge >= 0.3 is 6.18 Å². The first-order chi connectivity index (χ1) is 31.0. The van der Waals surface area contributed by atoms with Crippen molar-refractivity contribution in [3.63, 3.8) is 0 Å². The van der Waals surface area contributed by atoms with Gasteiger partial charge in [0.05, 0.1) is 11.3 Å². The van der Waals surface area contributed by atoms with Crippen molar-refractivity contribution in [1.82, 2.24) is 35.3 Å². The highest BCUT2D eigenvalue weighted by Gasteiger charge is 2.39. The minimum atomic E-state index is -4.42. The third-order valence-electron chi connectivity index (χ3n) is 12.3. The highest BCUT2D eigenvalue weighted by atomic mass is 35.5. The fourth-order valence-electron chi connectivity index (χ4n) is 8.82. The molecule has 0 saturated carbocycles. The first kappa shape index (κ1) is 47.2. The maximum atomic E-state index is 14.1. The number of nitrogens with one attached hydrogen (secondary N) is 3. The summed E-state index contributed by atoms with van der Waals surface area (Å²) in [5.74, 6) is -0.0130. The SMILES string of the molecule is CC.Cc1cccc(-c2ncccc2CNC2(C(=O)NCCCn3cc(-c4ccc(C(F)(F)F)cc4)c4cc(CN5CCN(Cc6c(Cl)cccc6Cl)CC5)ccc43)CCNCC2)c1. The number of aryl methyl sites for hydroxylation is 2. The Labute approximate surface area is 385 Å². The van der Waals surface area contributed by atoms with E-state index in [0.717, 1.165) is 113 Å². The topological polar surface area (TPSA) is 77.5 Å². The fraction of sp³-hybridized carbons (Fsp3) is 0.373. The van der Waals surface area contributed by atoms with E-state index < -0.39 is 17.3 Å². The molecule has 13 heteroatoms. The molecule has 0 aliphatic carbocycles. The van der Waals surface area contributed by atoms with Crippen molar-refractivity contribution < 1.29 is 18.0 Å². The first-order valence-electron chi connectivity index (χ1n) is 22.4. The number of benzene rings is 4. The van der Waals surface area contributed by atoms with Crippen LogP contribution in [0.25, 0.3) is 33.3 Å². The molecule has 0 atom stereocenters. The molecule has 0 unspecified atom stereocenters. The van der Waals surface area contributed by atoms with Gasteiger partial charge in [-0.2, -0.15) is 13.2 Å². The van der Waals surface area contributed by atoms with Crippen LogP contribution >= 0.6 is 23.2 Å². The highest BCUT2D eigenvalue weighted by Crippen LogP contribution is 2.36. The van der Waals surface area contributed by atoms with E-state index in [1.807, 2.05) is 50.4 Å². The Morgan fingerprint density at radius 2 is 1.52 bits per heavy atom. The molecule has 2 aromatic heterocycles. The van der Waals surface area contributed by atoms with Crippen molar-refractivity contribution in [2.24, 2.45) is 0 Å². The number of carbonyl (C=O) groups is 1. The van der Waals surface area contributed by atoms with Gasteiger partial charge < -0.3 is 15.2 Å². The molecular weight excluding hydrogens is 855 g/mol. The zero-order chi connectivity index (χ0) is 45.3. The Balaban J connectivity index is 0.00000302. The van der Waals surface area contributed by atoms with Gasteiger partial charge in [-0.25, -0.2) is 0 Å². The number of hydrogen-bond acceptors (Lipinski definition) is 6. The monoisotopic (exact) mass is 911 g/mol. The van der Waals surface area contributed by atoms with Gasteiger partial charge in [-0.15, -0.1) is 0 Å². The average molecular weight is 913 g/mol. The van der Waals surface area contributed by atoms with Gasteiger partial charge in [0.25, 0.3) is 0 Å². The number of piperidine rings is 1. The van der Waals surface area contributed by atoms with Gasteiger partial charge in [-0.05, 0) is 104 Å². The summed E-state index contributed by atoms with van der Waals surface area (Å²) in [5, 5.41) is 12.7. The van der Waals surface area contributed by atoms with Crippen LogP contribution in [0, 0.1) is 6.92 Å². The number of nitrogens with zero attached hydrogens (tertiary/aromatic N) is 4. The van der Waals surface area contributed by atoms with Gasteiger partial charge in [-0.1, -0.05) is 91.1 Å². The molecule has 4 heterocycles. The highest BCUT2D eigenvalue weighted by molar-refractivity contribution is 6.36. The molecule has 0 radical (unpaired) electrons. The molecule has 8 rings (SSSR count). The lowest BCUT2D eigenvalue weighted by molar-refractivity contribution is -0.137. The van der Waals surface area contributed by atoms with E-state index in [9.17, 15) is 18.0 Å². The summed E-state index contributed by atoms with van der Waals surface area (Å²) in [7, 11) is 0. The Kier molecular flexibility index (Phi) is 15.9. The number of carbonyl (C=O) groups excluding carboxylic acids is 1. The smallest absolute Gasteiger partial charge is 0.354 e. The van der Waals surface area contributed by atoms with E-state index in [2.05, 4.69) is 79.7 Å². The molecule has 64 heavy (non-hydrogen) atoms. The molecule has 2 fully saturated rings. The van der Waals surface area contributed by atoms with E-state index >= 15 is 0 Å². The predicted molar refractivity (Wildman–Crippen MR) is 254 cm³/mol.